The summed E-state index contributed by atoms with van der Waals surface area (Å²) in [7, 11) is 0. The monoisotopic (exact) mass is 288 g/mol. The summed E-state index contributed by atoms with van der Waals surface area (Å²) >= 11 is 0. The van der Waals surface area contributed by atoms with Crippen LogP contribution in [-0.4, -0.2) is 52.8 Å². The molecule has 1 aromatic rings. The maximum absolute atomic E-state index is 12.5. The summed E-state index contributed by atoms with van der Waals surface area (Å²) in [5.74, 6) is 5.67. The quantitative estimate of drug-likeness (QED) is 0.827. The van der Waals surface area contributed by atoms with Crippen molar-refractivity contribution in [1.29, 1.82) is 0 Å². The highest BCUT2D eigenvalue weighted by atomic mass is 16.5. The molecule has 1 N–H and O–H groups in total. The van der Waals surface area contributed by atoms with Gasteiger partial charge in [0.15, 0.2) is 0 Å². The fourth-order valence-corrected chi connectivity index (χ4v) is 2.22. The molecule has 2 rings (SSSR count). The number of aromatic nitrogens is 1. The van der Waals surface area contributed by atoms with Gasteiger partial charge >= 0.3 is 0 Å². The summed E-state index contributed by atoms with van der Waals surface area (Å²) in [5.41, 5.74) is 0.894. The van der Waals surface area contributed by atoms with E-state index in [4.69, 9.17) is 9.84 Å². The lowest BCUT2D eigenvalue weighted by molar-refractivity contribution is -0.0764. The summed E-state index contributed by atoms with van der Waals surface area (Å²) in [4.78, 5) is 18.4. The van der Waals surface area contributed by atoms with Gasteiger partial charge in [0.2, 0.25) is 0 Å². The molecule has 21 heavy (non-hydrogen) atoms. The zero-order valence-corrected chi connectivity index (χ0v) is 12.4. The van der Waals surface area contributed by atoms with E-state index in [9.17, 15) is 4.79 Å². The second-order valence-electron chi connectivity index (χ2n) is 5.57. The predicted molar refractivity (Wildman–Crippen MR) is 78.8 cm³/mol. The topological polar surface area (TPSA) is 62.7 Å². The lowest BCUT2D eigenvalue weighted by Crippen LogP contribution is -2.50. The second-order valence-corrected chi connectivity index (χ2v) is 5.57. The summed E-state index contributed by atoms with van der Waals surface area (Å²) in [6, 6.07) is 1.74. The first-order chi connectivity index (χ1) is 10.0. The largest absolute Gasteiger partial charge is 0.395 e. The lowest BCUT2D eigenvalue weighted by Gasteiger charge is -2.38. The average Bonchev–Trinajstić information content (AvgIpc) is 2.46. The third kappa shape index (κ3) is 4.28. The lowest BCUT2D eigenvalue weighted by atomic mass is 10.1. The van der Waals surface area contributed by atoms with Crippen molar-refractivity contribution in [1.82, 2.24) is 9.88 Å². The number of nitrogens with zero attached hydrogens (tertiary/aromatic N) is 2. The normalized spacial score (nSPS) is 17.0. The van der Waals surface area contributed by atoms with E-state index in [2.05, 4.69) is 16.8 Å². The van der Waals surface area contributed by atoms with Crippen LogP contribution in [0.5, 0.6) is 0 Å². The molecule has 5 heteroatoms. The Morgan fingerprint density at radius 3 is 3.05 bits per heavy atom. The Morgan fingerprint density at radius 2 is 2.33 bits per heavy atom. The molecular formula is C16H20N2O3. The van der Waals surface area contributed by atoms with Crippen molar-refractivity contribution >= 4 is 5.91 Å². The van der Waals surface area contributed by atoms with Crippen molar-refractivity contribution in [2.75, 3.05) is 26.3 Å². The van der Waals surface area contributed by atoms with Gasteiger partial charge in [-0.05, 0) is 19.9 Å². The zero-order chi connectivity index (χ0) is 15.3. The molecule has 112 valence electrons. The SMILES string of the molecule is CC1(C)CN(C(=O)c2cncc(C#CCCO)c2)CCO1. The Kier molecular flexibility index (Phi) is 4.94. The Labute approximate surface area is 124 Å². The molecule has 0 bridgehead atoms. The number of pyridine rings is 1. The van der Waals surface area contributed by atoms with E-state index in [1.165, 1.54) is 0 Å². The molecule has 1 amide bonds. The molecule has 1 aliphatic heterocycles. The molecule has 1 saturated heterocycles. The van der Waals surface area contributed by atoms with E-state index >= 15 is 0 Å². The molecule has 0 aromatic carbocycles. The van der Waals surface area contributed by atoms with Crippen LogP contribution in [0.25, 0.3) is 0 Å². The van der Waals surface area contributed by atoms with Crippen LogP contribution in [0.3, 0.4) is 0 Å². The van der Waals surface area contributed by atoms with Gasteiger partial charge in [-0.2, -0.15) is 0 Å². The Bertz CT molecular complexity index is 572. The van der Waals surface area contributed by atoms with Crippen molar-refractivity contribution in [2.45, 2.75) is 25.9 Å². The van der Waals surface area contributed by atoms with Gasteiger partial charge in [0.1, 0.15) is 0 Å². The fraction of sp³-hybridized carbons (Fsp3) is 0.500. The van der Waals surface area contributed by atoms with Gasteiger partial charge < -0.3 is 14.7 Å². The summed E-state index contributed by atoms with van der Waals surface area (Å²) in [6.45, 7) is 5.67. The number of amides is 1. The van der Waals surface area contributed by atoms with E-state index < -0.39 is 0 Å². The number of morpholine rings is 1. The van der Waals surface area contributed by atoms with E-state index in [-0.39, 0.29) is 18.1 Å². The van der Waals surface area contributed by atoms with Crippen LogP contribution in [0.1, 0.15) is 36.2 Å². The number of ether oxygens (including phenoxy) is 1. The third-order valence-corrected chi connectivity index (χ3v) is 3.17. The van der Waals surface area contributed by atoms with Crippen LogP contribution in [0.4, 0.5) is 0 Å². The van der Waals surface area contributed by atoms with Crippen molar-refractivity contribution in [3.8, 4) is 11.8 Å². The van der Waals surface area contributed by atoms with Gasteiger partial charge in [-0.3, -0.25) is 9.78 Å². The minimum absolute atomic E-state index is 0.0297. The molecule has 0 aliphatic carbocycles. The van der Waals surface area contributed by atoms with E-state index in [1.54, 1.807) is 23.4 Å². The van der Waals surface area contributed by atoms with Gasteiger partial charge in [0.05, 0.1) is 24.4 Å². The minimum atomic E-state index is -0.320. The smallest absolute Gasteiger partial charge is 0.255 e. The maximum Gasteiger partial charge on any atom is 0.255 e. The van der Waals surface area contributed by atoms with Crippen LogP contribution < -0.4 is 0 Å². The molecule has 0 unspecified atom stereocenters. The summed E-state index contributed by atoms with van der Waals surface area (Å²) in [5, 5.41) is 8.72. The number of aliphatic hydroxyl groups excluding tert-OH is 1. The van der Waals surface area contributed by atoms with Crippen molar-refractivity contribution in [2.24, 2.45) is 0 Å². The fourth-order valence-electron chi connectivity index (χ4n) is 2.22. The molecule has 1 fully saturated rings. The first kappa shape index (κ1) is 15.5. The zero-order valence-electron chi connectivity index (χ0n) is 12.4. The number of aliphatic hydroxyl groups is 1. The number of carbonyl (C=O) groups excluding carboxylic acids is 1. The van der Waals surface area contributed by atoms with E-state index in [1.807, 2.05) is 13.8 Å². The molecule has 5 nitrogen and oxygen atoms in total. The molecule has 0 atom stereocenters. The molecule has 1 aromatic heterocycles. The summed E-state index contributed by atoms with van der Waals surface area (Å²) in [6.07, 6.45) is 3.59. The second kappa shape index (κ2) is 6.70. The first-order valence-corrected chi connectivity index (χ1v) is 7.00. The summed E-state index contributed by atoms with van der Waals surface area (Å²) < 4.78 is 5.62. The standard InChI is InChI=1S/C16H20N2O3/c1-16(2)12-18(6-8-21-16)15(20)14-9-13(10-17-11-14)5-3-4-7-19/h9-11,19H,4,6-8,12H2,1-2H3. The first-order valence-electron chi connectivity index (χ1n) is 7.00. The van der Waals surface area contributed by atoms with Gasteiger partial charge in [-0.25, -0.2) is 0 Å². The van der Waals surface area contributed by atoms with Crippen LogP contribution in [0.15, 0.2) is 18.5 Å². The molecule has 0 saturated carbocycles. The van der Waals surface area contributed by atoms with Crippen LogP contribution in [0, 0.1) is 11.8 Å². The van der Waals surface area contributed by atoms with Crippen molar-refractivity contribution in [3.63, 3.8) is 0 Å². The van der Waals surface area contributed by atoms with Gasteiger partial charge in [0, 0.05) is 37.5 Å². The molecule has 1 aliphatic rings. The molecule has 0 spiro atoms. The minimum Gasteiger partial charge on any atom is -0.395 e. The van der Waals surface area contributed by atoms with Crippen LogP contribution >= 0.6 is 0 Å². The highest BCUT2D eigenvalue weighted by Crippen LogP contribution is 2.18. The third-order valence-electron chi connectivity index (χ3n) is 3.17. The molecule has 2 heterocycles. The van der Waals surface area contributed by atoms with E-state index in [0.29, 0.717) is 37.2 Å². The Hall–Kier alpha value is -1.90. The van der Waals surface area contributed by atoms with Gasteiger partial charge in [-0.15, -0.1) is 0 Å². The Morgan fingerprint density at radius 1 is 1.52 bits per heavy atom. The predicted octanol–water partition coefficient (Wildman–Crippen LogP) is 1.07. The number of rotatable bonds is 2. The van der Waals surface area contributed by atoms with Gasteiger partial charge in [0.25, 0.3) is 5.91 Å². The van der Waals surface area contributed by atoms with Crippen LogP contribution in [-0.2, 0) is 4.74 Å². The highest BCUT2D eigenvalue weighted by Gasteiger charge is 2.30. The number of carbonyl (C=O) groups is 1. The van der Waals surface area contributed by atoms with Gasteiger partial charge in [-0.1, -0.05) is 11.8 Å². The Balaban J connectivity index is 2.12. The highest BCUT2D eigenvalue weighted by molar-refractivity contribution is 5.94. The van der Waals surface area contributed by atoms with Crippen LogP contribution in [0.2, 0.25) is 0 Å². The number of hydrogen-bond acceptors (Lipinski definition) is 4. The van der Waals surface area contributed by atoms with Crippen molar-refractivity contribution in [3.05, 3.63) is 29.6 Å². The maximum atomic E-state index is 12.5. The average molecular weight is 288 g/mol. The molecular weight excluding hydrogens is 268 g/mol. The number of hydrogen-bond donors (Lipinski definition) is 1. The van der Waals surface area contributed by atoms with E-state index in [0.717, 1.165) is 0 Å². The van der Waals surface area contributed by atoms with Crippen molar-refractivity contribution < 1.29 is 14.6 Å². The molecule has 0 radical (unpaired) electrons.